The van der Waals surface area contributed by atoms with Gasteiger partial charge in [0.05, 0.1) is 17.2 Å². The smallest absolute Gasteiger partial charge is 0.123 e. The fraction of sp³-hybridized carbons (Fsp3) is 0.267. The Kier molecular flexibility index (Phi) is 3.40. The molecule has 1 aromatic heterocycles. The third kappa shape index (κ3) is 2.17. The molecule has 2 aromatic rings. The number of hydrogen-bond donors (Lipinski definition) is 1. The van der Waals surface area contributed by atoms with Crippen molar-refractivity contribution in [2.24, 2.45) is 0 Å². The molecule has 1 aliphatic rings. The van der Waals surface area contributed by atoms with E-state index < -0.39 is 10.9 Å². The van der Waals surface area contributed by atoms with E-state index in [1.807, 2.05) is 10.8 Å². The average Bonchev–Trinajstić information content (AvgIpc) is 3.00. The second kappa shape index (κ2) is 5.07. The molecule has 5 heteroatoms. The molecule has 104 valence electrons. The van der Waals surface area contributed by atoms with Crippen molar-refractivity contribution >= 4 is 11.8 Å². The van der Waals surface area contributed by atoms with Gasteiger partial charge in [-0.15, -0.1) is 18.3 Å². The number of rotatable bonds is 4. The molecule has 2 heterocycles. The number of nitrogens with zero attached hydrogens (tertiary/aromatic N) is 2. The van der Waals surface area contributed by atoms with Crippen molar-refractivity contribution in [2.45, 2.75) is 28.7 Å². The van der Waals surface area contributed by atoms with Crippen LogP contribution in [0.1, 0.15) is 18.1 Å². The first-order valence-corrected chi connectivity index (χ1v) is 7.19. The third-order valence-corrected chi connectivity index (χ3v) is 5.09. The molecule has 20 heavy (non-hydrogen) atoms. The molecule has 0 unspecified atom stereocenters. The first-order chi connectivity index (χ1) is 9.64. The Balaban J connectivity index is 1.98. The minimum absolute atomic E-state index is 0.319. The van der Waals surface area contributed by atoms with Gasteiger partial charge in [0.2, 0.25) is 0 Å². The van der Waals surface area contributed by atoms with E-state index in [0.29, 0.717) is 18.5 Å². The predicted octanol–water partition coefficient (Wildman–Crippen LogP) is 3.18. The molecule has 0 amide bonds. The molecule has 0 fully saturated rings. The van der Waals surface area contributed by atoms with Crippen LogP contribution >= 0.6 is 11.8 Å². The Hall–Kier alpha value is -1.59. The van der Waals surface area contributed by atoms with Crippen LogP contribution in [0.5, 0.6) is 0 Å². The molecule has 0 bridgehead atoms. The number of hydrogen-bond acceptors (Lipinski definition) is 3. The molecule has 3 nitrogen and oxygen atoms in total. The van der Waals surface area contributed by atoms with Gasteiger partial charge in [-0.2, -0.15) is 0 Å². The molecule has 2 atom stereocenters. The third-order valence-electron chi connectivity index (χ3n) is 3.58. The second-order valence-electron chi connectivity index (χ2n) is 4.98. The van der Waals surface area contributed by atoms with Crippen molar-refractivity contribution in [3.8, 4) is 0 Å². The average molecular weight is 290 g/mol. The van der Waals surface area contributed by atoms with Gasteiger partial charge in [0.15, 0.2) is 0 Å². The molecule has 0 spiro atoms. The minimum atomic E-state index is -0.724. The number of halogens is 1. The van der Waals surface area contributed by atoms with E-state index in [9.17, 15) is 9.50 Å². The second-order valence-corrected chi connectivity index (χ2v) is 6.44. The molecule has 0 radical (unpaired) electrons. The molecule has 1 N–H and O–H groups in total. The number of allylic oxidation sites excluding steroid dienone is 1. The summed E-state index contributed by atoms with van der Waals surface area (Å²) in [5.74, 6) is -0.319. The van der Waals surface area contributed by atoms with Gasteiger partial charge in [-0.05, 0) is 30.2 Å². The highest BCUT2D eigenvalue weighted by molar-refractivity contribution is 8.01. The standard InChI is InChI=1S/C15H15FN2OS/c1-2-5-15(9-18-7-6-17-10-18)14(19)12-8-11(16)3-4-13(12)20-15/h2-4,6-8,10,14,19H,1,5,9H2/t14-,15-/m0/s1. The molecule has 3 rings (SSSR count). The number of aliphatic hydroxyl groups excluding tert-OH is 1. The summed E-state index contributed by atoms with van der Waals surface area (Å²) in [6.07, 6.45) is 7.01. The van der Waals surface area contributed by atoms with Crippen molar-refractivity contribution < 1.29 is 9.50 Å². The quantitative estimate of drug-likeness (QED) is 0.879. The summed E-state index contributed by atoms with van der Waals surface area (Å²) in [7, 11) is 0. The zero-order valence-electron chi connectivity index (χ0n) is 10.9. The maximum Gasteiger partial charge on any atom is 0.123 e. The first-order valence-electron chi connectivity index (χ1n) is 6.38. The monoisotopic (exact) mass is 290 g/mol. The lowest BCUT2D eigenvalue weighted by Gasteiger charge is -2.31. The lowest BCUT2D eigenvalue weighted by atomic mass is 9.92. The number of imidazole rings is 1. The summed E-state index contributed by atoms with van der Waals surface area (Å²) in [4.78, 5) is 4.96. The van der Waals surface area contributed by atoms with E-state index in [1.54, 1.807) is 36.4 Å². The molecule has 0 saturated heterocycles. The number of thioether (sulfide) groups is 1. The summed E-state index contributed by atoms with van der Waals surface area (Å²) in [5.41, 5.74) is 0.664. The van der Waals surface area contributed by atoms with Crippen LogP contribution in [-0.2, 0) is 6.54 Å². The van der Waals surface area contributed by atoms with Gasteiger partial charge < -0.3 is 9.67 Å². The van der Waals surface area contributed by atoms with Gasteiger partial charge >= 0.3 is 0 Å². The Morgan fingerprint density at radius 3 is 3.10 bits per heavy atom. The van der Waals surface area contributed by atoms with Gasteiger partial charge in [-0.25, -0.2) is 9.37 Å². The number of aliphatic hydroxyl groups is 1. The lowest BCUT2D eigenvalue weighted by Crippen LogP contribution is -2.33. The fourth-order valence-electron chi connectivity index (χ4n) is 2.65. The summed E-state index contributed by atoms with van der Waals surface area (Å²) < 4.78 is 14.9. The van der Waals surface area contributed by atoms with Crippen LogP contribution in [-0.4, -0.2) is 19.4 Å². The van der Waals surface area contributed by atoms with Crippen LogP contribution in [0.2, 0.25) is 0 Å². The van der Waals surface area contributed by atoms with Crippen LogP contribution in [0.4, 0.5) is 4.39 Å². The summed E-state index contributed by atoms with van der Waals surface area (Å²) in [5, 5.41) is 10.7. The lowest BCUT2D eigenvalue weighted by molar-refractivity contribution is 0.123. The summed E-state index contributed by atoms with van der Waals surface area (Å²) in [6, 6.07) is 4.59. The van der Waals surface area contributed by atoms with Gasteiger partial charge in [0, 0.05) is 23.8 Å². The maximum absolute atomic E-state index is 13.4. The van der Waals surface area contributed by atoms with E-state index >= 15 is 0 Å². The first kappa shape index (κ1) is 13.4. The molecule has 1 aliphatic heterocycles. The Morgan fingerprint density at radius 2 is 2.40 bits per heavy atom. The highest BCUT2D eigenvalue weighted by atomic mass is 32.2. The van der Waals surface area contributed by atoms with Crippen molar-refractivity contribution in [1.82, 2.24) is 9.55 Å². The molecular formula is C15H15FN2OS. The topological polar surface area (TPSA) is 38.0 Å². The van der Waals surface area contributed by atoms with Gasteiger partial charge in [0.25, 0.3) is 0 Å². The number of benzene rings is 1. The zero-order chi connectivity index (χ0) is 14.2. The SMILES string of the molecule is C=CC[C@@]1(Cn2ccnc2)Sc2ccc(F)cc2[C@@H]1O. The zero-order valence-corrected chi connectivity index (χ0v) is 11.7. The van der Waals surface area contributed by atoms with Gasteiger partial charge in [0.1, 0.15) is 5.82 Å². The van der Waals surface area contributed by atoms with Crippen molar-refractivity contribution in [3.63, 3.8) is 0 Å². The van der Waals surface area contributed by atoms with Crippen molar-refractivity contribution in [2.75, 3.05) is 0 Å². The summed E-state index contributed by atoms with van der Waals surface area (Å²) >= 11 is 1.59. The van der Waals surface area contributed by atoms with E-state index in [0.717, 1.165) is 4.90 Å². The molecule has 0 aliphatic carbocycles. The van der Waals surface area contributed by atoms with E-state index in [-0.39, 0.29) is 5.82 Å². The predicted molar refractivity (Wildman–Crippen MR) is 77.0 cm³/mol. The molecule has 0 saturated carbocycles. The maximum atomic E-state index is 13.4. The Morgan fingerprint density at radius 1 is 1.55 bits per heavy atom. The normalized spacial score (nSPS) is 24.6. The Bertz CT molecular complexity index is 629. The summed E-state index contributed by atoms with van der Waals surface area (Å²) in [6.45, 7) is 4.39. The van der Waals surface area contributed by atoms with E-state index in [4.69, 9.17) is 0 Å². The van der Waals surface area contributed by atoms with E-state index in [1.165, 1.54) is 12.1 Å². The fourth-order valence-corrected chi connectivity index (χ4v) is 4.17. The Labute approximate surface area is 121 Å². The minimum Gasteiger partial charge on any atom is -0.387 e. The van der Waals surface area contributed by atoms with Crippen molar-refractivity contribution in [3.05, 3.63) is 61.0 Å². The van der Waals surface area contributed by atoms with Crippen LogP contribution in [0.3, 0.4) is 0 Å². The van der Waals surface area contributed by atoms with Crippen LogP contribution in [0.25, 0.3) is 0 Å². The number of aromatic nitrogens is 2. The van der Waals surface area contributed by atoms with Crippen LogP contribution in [0.15, 0.2) is 54.5 Å². The number of fused-ring (bicyclic) bond motifs is 1. The highest BCUT2D eigenvalue weighted by Crippen LogP contribution is 2.54. The van der Waals surface area contributed by atoms with Gasteiger partial charge in [-0.1, -0.05) is 6.08 Å². The molecular weight excluding hydrogens is 275 g/mol. The highest BCUT2D eigenvalue weighted by Gasteiger charge is 2.46. The van der Waals surface area contributed by atoms with Crippen LogP contribution in [0, 0.1) is 5.82 Å². The largest absolute Gasteiger partial charge is 0.387 e. The molecule has 1 aromatic carbocycles. The van der Waals surface area contributed by atoms with Crippen molar-refractivity contribution in [1.29, 1.82) is 0 Å². The van der Waals surface area contributed by atoms with Gasteiger partial charge in [-0.3, -0.25) is 0 Å². The van der Waals surface area contributed by atoms with E-state index in [2.05, 4.69) is 11.6 Å². The van der Waals surface area contributed by atoms with Crippen LogP contribution < -0.4 is 0 Å².